The summed E-state index contributed by atoms with van der Waals surface area (Å²) in [5.41, 5.74) is 1.56. The van der Waals surface area contributed by atoms with Crippen molar-refractivity contribution in [3.05, 3.63) is 45.4 Å². The third-order valence-corrected chi connectivity index (χ3v) is 6.53. The van der Waals surface area contributed by atoms with E-state index in [4.69, 9.17) is 0 Å². The largest absolute Gasteiger partial charge is 0.343 e. The van der Waals surface area contributed by atoms with Gasteiger partial charge in [-0.3, -0.25) is 14.5 Å². The van der Waals surface area contributed by atoms with Crippen molar-refractivity contribution in [3.8, 4) is 0 Å². The first-order chi connectivity index (χ1) is 13.8. The highest BCUT2D eigenvalue weighted by atomic mass is 32.1. The van der Waals surface area contributed by atoms with Crippen LogP contribution in [-0.2, 0) is 11.3 Å². The molecule has 0 unspecified atom stereocenters. The molecule has 0 spiro atoms. The minimum Gasteiger partial charge on any atom is -0.343 e. The Morgan fingerprint density at radius 2 is 1.86 bits per heavy atom. The molecule has 3 rings (SSSR count). The van der Waals surface area contributed by atoms with Crippen molar-refractivity contribution < 1.29 is 14.4 Å². The maximum Gasteiger partial charge on any atom is 0.325 e. The van der Waals surface area contributed by atoms with Crippen LogP contribution in [0.25, 0.3) is 0 Å². The molecule has 0 aromatic carbocycles. The number of urea groups is 1. The lowest BCUT2D eigenvalue weighted by Crippen LogP contribution is -2.47. The number of nitrogens with zero attached hydrogens (tertiary/aromatic N) is 2. The van der Waals surface area contributed by atoms with Gasteiger partial charge >= 0.3 is 6.03 Å². The predicted molar refractivity (Wildman–Crippen MR) is 114 cm³/mol. The summed E-state index contributed by atoms with van der Waals surface area (Å²) in [6.45, 7) is 8.36. The maximum atomic E-state index is 13.0. The van der Waals surface area contributed by atoms with Crippen LogP contribution in [0, 0.1) is 13.8 Å². The number of aromatic nitrogens is 1. The van der Waals surface area contributed by atoms with Crippen LogP contribution in [0.2, 0.25) is 0 Å². The van der Waals surface area contributed by atoms with Crippen LogP contribution in [0.4, 0.5) is 4.79 Å². The molecule has 1 aliphatic rings. The van der Waals surface area contributed by atoms with E-state index in [1.54, 1.807) is 11.3 Å². The summed E-state index contributed by atoms with van der Waals surface area (Å²) in [6.07, 6.45) is 2.76. The molecule has 0 atom stereocenters. The molecule has 0 radical (unpaired) electrons. The average Bonchev–Trinajstić information content (AvgIpc) is 3.34. The second kappa shape index (κ2) is 8.53. The van der Waals surface area contributed by atoms with E-state index in [1.165, 1.54) is 4.88 Å². The summed E-state index contributed by atoms with van der Waals surface area (Å²) in [6, 6.07) is 5.48. The average molecular weight is 416 g/mol. The van der Waals surface area contributed by atoms with Gasteiger partial charge in [0, 0.05) is 21.8 Å². The van der Waals surface area contributed by atoms with Crippen LogP contribution in [0.1, 0.15) is 66.2 Å². The minimum atomic E-state index is -0.864. The number of amides is 3. The molecule has 3 heterocycles. The van der Waals surface area contributed by atoms with E-state index < -0.39 is 11.6 Å². The number of ketones is 1. The van der Waals surface area contributed by atoms with E-state index in [2.05, 4.69) is 16.0 Å². The highest BCUT2D eigenvalue weighted by Crippen LogP contribution is 2.28. The summed E-state index contributed by atoms with van der Waals surface area (Å²) in [5, 5.41) is 4.90. The summed E-state index contributed by atoms with van der Waals surface area (Å²) >= 11 is 1.68. The molecular formula is C22H29N3O3S. The Morgan fingerprint density at radius 3 is 2.45 bits per heavy atom. The maximum absolute atomic E-state index is 13.0. The molecule has 2 aromatic heterocycles. The minimum absolute atomic E-state index is 0.206. The first-order valence-corrected chi connectivity index (χ1v) is 11.1. The second-order valence-corrected chi connectivity index (χ2v) is 8.81. The number of nitrogens with one attached hydrogen (secondary N) is 1. The van der Waals surface area contributed by atoms with E-state index in [-0.39, 0.29) is 18.2 Å². The van der Waals surface area contributed by atoms with Gasteiger partial charge in [0.2, 0.25) is 0 Å². The summed E-state index contributed by atoms with van der Waals surface area (Å²) in [4.78, 5) is 40.9. The summed E-state index contributed by atoms with van der Waals surface area (Å²) in [5.74, 6) is -0.477. The zero-order valence-electron chi connectivity index (χ0n) is 17.6. The molecule has 0 aliphatic carbocycles. The van der Waals surface area contributed by atoms with E-state index in [0.717, 1.165) is 29.1 Å². The number of hydrogen-bond donors (Lipinski definition) is 1. The van der Waals surface area contributed by atoms with Crippen LogP contribution in [-0.4, -0.2) is 39.3 Å². The van der Waals surface area contributed by atoms with Crippen LogP contribution in [0.5, 0.6) is 0 Å². The number of rotatable bonds is 9. The SMILES string of the molecule is CCCC1(CCC)NC(=O)N(CC(=O)c2cc(C)n(Cc3cccs3)c2C)C1=O. The number of carbonyl (C=O) groups is 3. The third-order valence-electron chi connectivity index (χ3n) is 5.67. The number of aryl methyl sites for hydroxylation is 1. The monoisotopic (exact) mass is 415 g/mol. The van der Waals surface area contributed by atoms with Crippen molar-refractivity contribution in [2.75, 3.05) is 6.54 Å². The van der Waals surface area contributed by atoms with Gasteiger partial charge in [0.15, 0.2) is 5.78 Å². The lowest BCUT2D eigenvalue weighted by molar-refractivity contribution is -0.131. The zero-order chi connectivity index (χ0) is 21.2. The van der Waals surface area contributed by atoms with Crippen molar-refractivity contribution in [2.24, 2.45) is 0 Å². The van der Waals surface area contributed by atoms with Crippen LogP contribution < -0.4 is 5.32 Å². The molecular weight excluding hydrogens is 386 g/mol. The van der Waals surface area contributed by atoms with E-state index in [1.807, 2.05) is 45.2 Å². The molecule has 3 amide bonds. The summed E-state index contributed by atoms with van der Waals surface area (Å²) in [7, 11) is 0. The second-order valence-electron chi connectivity index (χ2n) is 7.78. The lowest BCUT2D eigenvalue weighted by Gasteiger charge is -2.25. The Bertz CT molecular complexity index is 908. The molecule has 29 heavy (non-hydrogen) atoms. The number of imide groups is 1. The van der Waals surface area contributed by atoms with Crippen molar-refractivity contribution in [3.63, 3.8) is 0 Å². The fourth-order valence-corrected chi connectivity index (χ4v) is 4.94. The zero-order valence-corrected chi connectivity index (χ0v) is 18.4. The van der Waals surface area contributed by atoms with Gasteiger partial charge < -0.3 is 9.88 Å². The Kier molecular flexibility index (Phi) is 6.27. The molecule has 6 nitrogen and oxygen atoms in total. The number of carbonyl (C=O) groups excluding carboxylic acids is 3. The van der Waals surface area contributed by atoms with Gasteiger partial charge in [-0.2, -0.15) is 0 Å². The van der Waals surface area contributed by atoms with Crippen molar-refractivity contribution in [1.82, 2.24) is 14.8 Å². The smallest absolute Gasteiger partial charge is 0.325 e. The van der Waals surface area contributed by atoms with Gasteiger partial charge in [-0.1, -0.05) is 32.8 Å². The normalized spacial score (nSPS) is 15.8. The molecule has 1 fully saturated rings. The fraction of sp³-hybridized carbons (Fsp3) is 0.500. The van der Waals surface area contributed by atoms with E-state index in [9.17, 15) is 14.4 Å². The molecule has 7 heteroatoms. The van der Waals surface area contributed by atoms with Crippen molar-refractivity contribution in [1.29, 1.82) is 0 Å². The van der Waals surface area contributed by atoms with Gasteiger partial charge in [-0.05, 0) is 44.2 Å². The quantitative estimate of drug-likeness (QED) is 0.491. The highest BCUT2D eigenvalue weighted by molar-refractivity contribution is 7.09. The van der Waals surface area contributed by atoms with E-state index in [0.29, 0.717) is 24.9 Å². The highest BCUT2D eigenvalue weighted by Gasteiger charge is 2.50. The first kappa shape index (κ1) is 21.3. The number of hydrogen-bond acceptors (Lipinski definition) is 4. The summed E-state index contributed by atoms with van der Waals surface area (Å²) < 4.78 is 2.10. The van der Waals surface area contributed by atoms with Gasteiger partial charge in [-0.15, -0.1) is 11.3 Å². The lowest BCUT2D eigenvalue weighted by atomic mass is 9.88. The topological polar surface area (TPSA) is 71.4 Å². The fourth-order valence-electron chi connectivity index (χ4n) is 4.25. The Hall–Kier alpha value is -2.41. The number of thiophene rings is 1. The van der Waals surface area contributed by atoms with E-state index >= 15 is 0 Å². The van der Waals surface area contributed by atoms with Gasteiger partial charge in [-0.25, -0.2) is 4.79 Å². The molecule has 0 bridgehead atoms. The standard InChI is InChI=1S/C22H29N3O3S/c1-5-9-22(10-6-2)20(27)25(21(28)23-22)14-19(26)18-12-15(3)24(16(18)4)13-17-8-7-11-29-17/h7-8,11-12H,5-6,9-10,13-14H2,1-4H3,(H,23,28). The Labute approximate surface area is 175 Å². The third kappa shape index (κ3) is 4.01. The van der Waals surface area contributed by atoms with Gasteiger partial charge in [0.1, 0.15) is 5.54 Å². The molecule has 156 valence electrons. The molecule has 1 N–H and O–H groups in total. The van der Waals surface area contributed by atoms with Crippen LogP contribution >= 0.6 is 11.3 Å². The van der Waals surface area contributed by atoms with Crippen LogP contribution in [0.3, 0.4) is 0 Å². The first-order valence-electron chi connectivity index (χ1n) is 10.2. The van der Waals surface area contributed by atoms with Gasteiger partial charge in [0.05, 0.1) is 13.1 Å². The molecule has 2 aromatic rings. The van der Waals surface area contributed by atoms with Crippen LogP contribution in [0.15, 0.2) is 23.6 Å². The van der Waals surface area contributed by atoms with Crippen molar-refractivity contribution in [2.45, 2.75) is 65.5 Å². The van der Waals surface area contributed by atoms with Crippen molar-refractivity contribution >= 4 is 29.1 Å². The Morgan fingerprint density at radius 1 is 1.17 bits per heavy atom. The Balaban J connectivity index is 1.80. The molecule has 1 aliphatic heterocycles. The molecule has 0 saturated carbocycles. The molecule has 1 saturated heterocycles. The van der Waals surface area contributed by atoms with Gasteiger partial charge in [0.25, 0.3) is 5.91 Å². The number of Topliss-reactive ketones (excluding diaryl/α,β-unsaturated/α-hetero) is 1. The predicted octanol–water partition coefficient (Wildman–Crippen LogP) is 4.29.